The van der Waals surface area contributed by atoms with Gasteiger partial charge in [0.15, 0.2) is 0 Å². The molecule has 0 unspecified atom stereocenters. The third-order valence-electron chi connectivity index (χ3n) is 10.4. The van der Waals surface area contributed by atoms with Gasteiger partial charge in [-0.2, -0.15) is 0 Å². The van der Waals surface area contributed by atoms with Crippen LogP contribution < -0.4 is 0 Å². The lowest BCUT2D eigenvalue weighted by atomic mass is 9.79. The molecule has 1 aliphatic rings. The van der Waals surface area contributed by atoms with Crippen LogP contribution in [0.3, 0.4) is 0 Å². The number of fused-ring (bicyclic) bond motifs is 10. The Labute approximate surface area is 267 Å². The van der Waals surface area contributed by atoms with E-state index in [1.807, 2.05) is 6.07 Å². The molecule has 1 heterocycles. The molecule has 0 amide bonds. The number of furan rings is 1. The Kier molecular flexibility index (Phi) is 5.12. The van der Waals surface area contributed by atoms with Gasteiger partial charge in [-0.1, -0.05) is 135 Å². The number of benzene rings is 8. The van der Waals surface area contributed by atoms with Crippen molar-refractivity contribution in [3.05, 3.63) is 157 Å². The van der Waals surface area contributed by atoms with Crippen LogP contribution in [-0.4, -0.2) is 0 Å². The van der Waals surface area contributed by atoms with E-state index in [-0.39, 0.29) is 5.41 Å². The molecule has 216 valence electrons. The summed E-state index contributed by atoms with van der Waals surface area (Å²) < 4.78 is 6.27. The Morgan fingerprint density at radius 3 is 1.72 bits per heavy atom. The van der Waals surface area contributed by atoms with E-state index in [4.69, 9.17) is 4.42 Å². The van der Waals surface area contributed by atoms with E-state index >= 15 is 0 Å². The summed E-state index contributed by atoms with van der Waals surface area (Å²) in [5.74, 6) is 0. The zero-order chi connectivity index (χ0) is 30.6. The molecule has 10 rings (SSSR count). The van der Waals surface area contributed by atoms with Gasteiger partial charge in [0.25, 0.3) is 0 Å². The summed E-state index contributed by atoms with van der Waals surface area (Å²) in [5, 5.41) is 10.0. The Bertz CT molecular complexity index is 2650. The maximum atomic E-state index is 6.27. The van der Waals surface area contributed by atoms with Gasteiger partial charge in [-0.15, -0.1) is 0 Å². The van der Waals surface area contributed by atoms with E-state index < -0.39 is 0 Å². The van der Waals surface area contributed by atoms with Crippen molar-refractivity contribution >= 4 is 54.3 Å². The van der Waals surface area contributed by atoms with Crippen molar-refractivity contribution in [3.63, 3.8) is 0 Å². The van der Waals surface area contributed by atoms with Crippen molar-refractivity contribution in [1.29, 1.82) is 0 Å². The minimum atomic E-state index is -0.142. The van der Waals surface area contributed by atoms with Crippen LogP contribution in [0, 0.1) is 0 Å². The topological polar surface area (TPSA) is 13.1 Å². The normalized spacial score (nSPS) is 13.6. The van der Waals surface area contributed by atoms with Crippen LogP contribution in [0.5, 0.6) is 0 Å². The lowest BCUT2D eigenvalue weighted by Crippen LogP contribution is -2.15. The van der Waals surface area contributed by atoms with E-state index in [9.17, 15) is 0 Å². The van der Waals surface area contributed by atoms with Crippen LogP contribution in [0.15, 0.2) is 150 Å². The summed E-state index contributed by atoms with van der Waals surface area (Å²) in [6.45, 7) is 4.77. The molecule has 9 aromatic rings. The number of rotatable bonds is 2. The summed E-state index contributed by atoms with van der Waals surface area (Å²) in [6.07, 6.45) is 0. The quantitative estimate of drug-likeness (QED) is 0.184. The average molecular weight is 587 g/mol. The van der Waals surface area contributed by atoms with Crippen molar-refractivity contribution in [2.24, 2.45) is 0 Å². The highest BCUT2D eigenvalue weighted by atomic mass is 16.3. The van der Waals surface area contributed by atoms with Gasteiger partial charge in [-0.05, 0) is 101 Å². The summed E-state index contributed by atoms with van der Waals surface area (Å²) in [5.41, 5.74) is 12.3. The van der Waals surface area contributed by atoms with E-state index in [2.05, 4.69) is 153 Å². The van der Waals surface area contributed by atoms with Crippen LogP contribution >= 0.6 is 0 Å². The van der Waals surface area contributed by atoms with Crippen molar-refractivity contribution < 1.29 is 4.42 Å². The molecule has 0 bridgehead atoms. The predicted octanol–water partition coefficient (Wildman–Crippen LogP) is 12.7. The highest BCUT2D eigenvalue weighted by Gasteiger charge is 2.37. The minimum Gasteiger partial charge on any atom is -0.456 e. The largest absolute Gasteiger partial charge is 0.456 e. The Hall–Kier alpha value is -5.66. The third-order valence-corrected chi connectivity index (χ3v) is 10.4. The highest BCUT2D eigenvalue weighted by molar-refractivity contribution is 6.21. The SMILES string of the molecule is CC1(C)c2ccc(-c3c4ccccc4c(-c4ccccc4)c4ccccc34)cc2-c2ccc3cc4oc5ccccc5c4cc3c21. The molecule has 8 aromatic carbocycles. The van der Waals surface area contributed by atoms with Gasteiger partial charge >= 0.3 is 0 Å². The van der Waals surface area contributed by atoms with E-state index in [1.165, 1.54) is 87.6 Å². The minimum absolute atomic E-state index is 0.142. The second kappa shape index (κ2) is 9.19. The molecule has 1 aliphatic carbocycles. The Morgan fingerprint density at radius 2 is 1.02 bits per heavy atom. The number of para-hydroxylation sites is 1. The van der Waals surface area contributed by atoms with Crippen molar-refractivity contribution in [3.8, 4) is 33.4 Å². The fraction of sp³-hybridized carbons (Fsp3) is 0.0667. The fourth-order valence-corrected chi connectivity index (χ4v) is 8.40. The zero-order valence-electron chi connectivity index (χ0n) is 25.8. The van der Waals surface area contributed by atoms with E-state index in [0.717, 1.165) is 11.2 Å². The van der Waals surface area contributed by atoms with Crippen LogP contribution in [0.2, 0.25) is 0 Å². The monoisotopic (exact) mass is 586 g/mol. The molecular weight excluding hydrogens is 556 g/mol. The number of hydrogen-bond acceptors (Lipinski definition) is 1. The summed E-state index contributed by atoms with van der Waals surface area (Å²) >= 11 is 0. The van der Waals surface area contributed by atoms with Gasteiger partial charge in [0, 0.05) is 16.2 Å². The fourth-order valence-electron chi connectivity index (χ4n) is 8.40. The zero-order valence-corrected chi connectivity index (χ0v) is 25.8. The second-order valence-electron chi connectivity index (χ2n) is 13.2. The molecule has 1 heteroatoms. The van der Waals surface area contributed by atoms with E-state index in [0.29, 0.717) is 0 Å². The molecule has 0 radical (unpaired) electrons. The molecule has 0 aliphatic heterocycles. The molecule has 0 saturated heterocycles. The molecule has 0 fully saturated rings. The van der Waals surface area contributed by atoms with Gasteiger partial charge in [0.1, 0.15) is 11.2 Å². The molecule has 1 aromatic heterocycles. The van der Waals surface area contributed by atoms with Crippen LogP contribution in [-0.2, 0) is 5.41 Å². The first-order valence-corrected chi connectivity index (χ1v) is 16.1. The second-order valence-corrected chi connectivity index (χ2v) is 13.2. The lowest BCUT2D eigenvalue weighted by Gasteiger charge is -2.23. The average Bonchev–Trinajstić information content (AvgIpc) is 3.57. The van der Waals surface area contributed by atoms with Crippen LogP contribution in [0.25, 0.3) is 87.6 Å². The maximum absolute atomic E-state index is 6.27. The first-order chi connectivity index (χ1) is 22.6. The molecule has 1 nitrogen and oxygen atoms in total. The Balaban J connectivity index is 1.25. The highest BCUT2D eigenvalue weighted by Crippen LogP contribution is 2.54. The molecular formula is C45H30O. The lowest BCUT2D eigenvalue weighted by molar-refractivity contribution is 0.665. The summed E-state index contributed by atoms with van der Waals surface area (Å²) in [7, 11) is 0. The van der Waals surface area contributed by atoms with E-state index in [1.54, 1.807) is 0 Å². The molecule has 0 atom stereocenters. The van der Waals surface area contributed by atoms with Crippen molar-refractivity contribution in [2.75, 3.05) is 0 Å². The predicted molar refractivity (Wildman–Crippen MR) is 195 cm³/mol. The Morgan fingerprint density at radius 1 is 0.413 bits per heavy atom. The van der Waals surface area contributed by atoms with Crippen molar-refractivity contribution in [1.82, 2.24) is 0 Å². The first kappa shape index (κ1) is 25.6. The molecule has 0 N–H and O–H groups in total. The summed E-state index contributed by atoms with van der Waals surface area (Å²) in [6, 6.07) is 53.4. The van der Waals surface area contributed by atoms with Gasteiger partial charge in [-0.3, -0.25) is 0 Å². The van der Waals surface area contributed by atoms with Gasteiger partial charge in [0.05, 0.1) is 0 Å². The van der Waals surface area contributed by atoms with Gasteiger partial charge < -0.3 is 4.42 Å². The van der Waals surface area contributed by atoms with Crippen LogP contribution in [0.1, 0.15) is 25.0 Å². The molecule has 0 spiro atoms. The van der Waals surface area contributed by atoms with Crippen molar-refractivity contribution in [2.45, 2.75) is 19.3 Å². The van der Waals surface area contributed by atoms with Gasteiger partial charge in [-0.25, -0.2) is 0 Å². The maximum Gasteiger partial charge on any atom is 0.136 e. The third kappa shape index (κ3) is 3.40. The smallest absolute Gasteiger partial charge is 0.136 e. The molecule has 0 saturated carbocycles. The number of hydrogen-bond donors (Lipinski definition) is 0. The van der Waals surface area contributed by atoms with Gasteiger partial charge in [0.2, 0.25) is 0 Å². The molecule has 46 heavy (non-hydrogen) atoms. The first-order valence-electron chi connectivity index (χ1n) is 16.1. The van der Waals surface area contributed by atoms with Crippen LogP contribution in [0.4, 0.5) is 0 Å². The summed E-state index contributed by atoms with van der Waals surface area (Å²) in [4.78, 5) is 0. The standard InChI is InChI=1S/C45H30O/c1-45(2)39-23-21-29(43-33-17-8-6-15-31(33)42(27-12-4-3-5-13-27)32-16-7-9-18-34(32)43)24-37(39)35-22-20-28-25-41-38(26-36(28)44(35)45)30-14-10-11-19-40(30)46-41/h3-26H,1-2H3.